The standard InChI is InChI=1S/C22H24ClF3O3Si/c1-2-13-30(23)14-11-17(12-15-30)16-3-5-18(6-4-16)21(27)28-19-7-9-20(10-8-19)29-22(24,25)26/h3-10,17H,2,11-15H2,1H3. The molecule has 0 saturated carbocycles. The van der Waals surface area contributed by atoms with Crippen molar-refractivity contribution in [3.8, 4) is 11.5 Å². The Morgan fingerprint density at radius 3 is 2.13 bits per heavy atom. The maximum atomic E-state index is 12.3. The van der Waals surface area contributed by atoms with E-state index in [-0.39, 0.29) is 11.5 Å². The molecule has 162 valence electrons. The number of carbonyl (C=O) groups is 1. The first-order valence-electron chi connectivity index (χ1n) is 10.0. The first kappa shape index (κ1) is 22.7. The number of carbonyl (C=O) groups excluding carboxylic acids is 1. The molecule has 0 radical (unpaired) electrons. The van der Waals surface area contributed by atoms with Gasteiger partial charge in [-0.1, -0.05) is 25.5 Å². The summed E-state index contributed by atoms with van der Waals surface area (Å²) in [5, 5.41) is 0. The van der Waals surface area contributed by atoms with Crippen molar-refractivity contribution in [1.29, 1.82) is 0 Å². The number of esters is 1. The minimum absolute atomic E-state index is 0.144. The maximum Gasteiger partial charge on any atom is 0.573 e. The summed E-state index contributed by atoms with van der Waals surface area (Å²) in [5.74, 6) is -0.329. The molecule has 1 heterocycles. The van der Waals surface area contributed by atoms with E-state index < -0.39 is 19.7 Å². The van der Waals surface area contributed by atoms with Gasteiger partial charge in [0.05, 0.1) is 5.56 Å². The summed E-state index contributed by atoms with van der Waals surface area (Å²) < 4.78 is 45.6. The highest BCUT2D eigenvalue weighted by Gasteiger charge is 2.35. The predicted octanol–water partition coefficient (Wildman–Crippen LogP) is 7.28. The van der Waals surface area contributed by atoms with E-state index in [0.717, 1.165) is 43.5 Å². The molecule has 1 saturated heterocycles. The van der Waals surface area contributed by atoms with Crippen LogP contribution in [-0.2, 0) is 0 Å². The summed E-state index contributed by atoms with van der Waals surface area (Å²) in [5.41, 5.74) is 1.58. The number of alkyl halides is 3. The predicted molar refractivity (Wildman–Crippen MR) is 113 cm³/mol. The van der Waals surface area contributed by atoms with E-state index in [9.17, 15) is 18.0 Å². The second kappa shape index (κ2) is 9.43. The van der Waals surface area contributed by atoms with Gasteiger partial charge >= 0.3 is 12.3 Å². The van der Waals surface area contributed by atoms with Crippen LogP contribution in [0, 0.1) is 0 Å². The molecule has 0 atom stereocenters. The zero-order chi connectivity index (χ0) is 21.8. The molecule has 0 N–H and O–H groups in total. The zero-order valence-electron chi connectivity index (χ0n) is 16.7. The monoisotopic (exact) mass is 456 g/mol. The third-order valence-electron chi connectivity index (χ3n) is 5.47. The van der Waals surface area contributed by atoms with Gasteiger partial charge in [-0.3, -0.25) is 0 Å². The zero-order valence-corrected chi connectivity index (χ0v) is 18.4. The highest BCUT2D eigenvalue weighted by atomic mass is 35.6. The Morgan fingerprint density at radius 1 is 1.03 bits per heavy atom. The van der Waals surface area contributed by atoms with Gasteiger partial charge in [0.15, 0.2) is 7.38 Å². The van der Waals surface area contributed by atoms with Gasteiger partial charge < -0.3 is 9.47 Å². The van der Waals surface area contributed by atoms with E-state index in [1.807, 2.05) is 12.1 Å². The molecule has 2 aromatic carbocycles. The number of hydrogen-bond acceptors (Lipinski definition) is 3. The fourth-order valence-electron chi connectivity index (χ4n) is 3.93. The van der Waals surface area contributed by atoms with Crippen molar-refractivity contribution in [3.63, 3.8) is 0 Å². The smallest absolute Gasteiger partial charge is 0.423 e. The molecule has 0 unspecified atom stereocenters. The van der Waals surface area contributed by atoms with Crippen molar-refractivity contribution in [2.24, 2.45) is 0 Å². The Balaban J connectivity index is 1.56. The minimum Gasteiger partial charge on any atom is -0.423 e. The van der Waals surface area contributed by atoms with Crippen molar-refractivity contribution in [2.75, 3.05) is 0 Å². The molecule has 0 aromatic heterocycles. The SMILES string of the molecule is CCC[Si]1(Cl)CCC(c2ccc(C(=O)Oc3ccc(OC(F)(F)F)cc3)cc2)CC1. The Hall–Kier alpha value is -1.99. The van der Waals surface area contributed by atoms with Gasteiger partial charge in [-0.15, -0.1) is 13.2 Å². The molecule has 0 amide bonds. The molecule has 0 aliphatic carbocycles. The number of ether oxygens (including phenoxy) is 2. The Bertz CT molecular complexity index is 845. The summed E-state index contributed by atoms with van der Waals surface area (Å²) in [6.07, 6.45) is -1.44. The van der Waals surface area contributed by atoms with E-state index >= 15 is 0 Å². The summed E-state index contributed by atoms with van der Waals surface area (Å²) in [6, 6.07) is 15.5. The van der Waals surface area contributed by atoms with Crippen molar-refractivity contribution in [3.05, 3.63) is 59.7 Å². The lowest BCUT2D eigenvalue weighted by atomic mass is 9.93. The molecular weight excluding hydrogens is 433 g/mol. The third kappa shape index (κ3) is 6.25. The summed E-state index contributed by atoms with van der Waals surface area (Å²) in [4.78, 5) is 12.3. The van der Waals surface area contributed by atoms with Crippen LogP contribution in [0.2, 0.25) is 18.1 Å². The number of rotatable bonds is 6. The second-order valence-electron chi connectivity index (χ2n) is 7.71. The quantitative estimate of drug-likeness (QED) is 0.198. The van der Waals surface area contributed by atoms with E-state index in [1.54, 1.807) is 12.1 Å². The van der Waals surface area contributed by atoms with Gasteiger partial charge in [0.1, 0.15) is 11.5 Å². The Labute approximate surface area is 179 Å². The van der Waals surface area contributed by atoms with Crippen LogP contribution in [0.25, 0.3) is 0 Å². The van der Waals surface area contributed by atoms with Crippen LogP contribution >= 0.6 is 11.1 Å². The van der Waals surface area contributed by atoms with Gasteiger partial charge in [-0.25, -0.2) is 4.79 Å². The molecule has 1 aliphatic heterocycles. The van der Waals surface area contributed by atoms with Gasteiger partial charge in [0.25, 0.3) is 0 Å². The van der Waals surface area contributed by atoms with E-state index in [0.29, 0.717) is 11.5 Å². The highest BCUT2D eigenvalue weighted by molar-refractivity contribution is 7.20. The van der Waals surface area contributed by atoms with Gasteiger partial charge in [-0.2, -0.15) is 11.1 Å². The van der Waals surface area contributed by atoms with Gasteiger partial charge in [0.2, 0.25) is 0 Å². The summed E-state index contributed by atoms with van der Waals surface area (Å²) in [6.45, 7) is 2.19. The second-order valence-corrected chi connectivity index (χ2v) is 13.9. The van der Waals surface area contributed by atoms with Crippen LogP contribution < -0.4 is 9.47 Å². The van der Waals surface area contributed by atoms with Gasteiger partial charge in [-0.05, 0) is 78.9 Å². The molecule has 2 aromatic rings. The van der Waals surface area contributed by atoms with Crippen molar-refractivity contribution >= 4 is 24.4 Å². The summed E-state index contributed by atoms with van der Waals surface area (Å²) in [7, 11) is -1.57. The average molecular weight is 457 g/mol. The molecule has 0 bridgehead atoms. The van der Waals surface area contributed by atoms with Crippen LogP contribution in [0.1, 0.15) is 48.0 Å². The van der Waals surface area contributed by atoms with Crippen LogP contribution in [-0.4, -0.2) is 19.7 Å². The lowest BCUT2D eigenvalue weighted by molar-refractivity contribution is -0.274. The summed E-state index contributed by atoms with van der Waals surface area (Å²) >= 11 is 6.83. The molecule has 1 fully saturated rings. The fourth-order valence-corrected chi connectivity index (χ4v) is 8.53. The average Bonchev–Trinajstić information content (AvgIpc) is 2.69. The highest BCUT2D eigenvalue weighted by Crippen LogP contribution is 2.42. The Morgan fingerprint density at radius 2 is 1.60 bits per heavy atom. The molecule has 1 aliphatic rings. The minimum atomic E-state index is -4.76. The fraction of sp³-hybridized carbons (Fsp3) is 0.409. The van der Waals surface area contributed by atoms with Crippen molar-refractivity contribution < 1.29 is 27.4 Å². The maximum absolute atomic E-state index is 12.3. The largest absolute Gasteiger partial charge is 0.573 e. The van der Waals surface area contributed by atoms with Crippen LogP contribution in [0.3, 0.4) is 0 Å². The molecular formula is C22H24ClF3O3Si. The van der Waals surface area contributed by atoms with Gasteiger partial charge in [0, 0.05) is 0 Å². The lowest BCUT2D eigenvalue weighted by Crippen LogP contribution is -2.31. The molecule has 0 spiro atoms. The normalized spacial score (nSPS) is 21.8. The topological polar surface area (TPSA) is 35.5 Å². The Kier molecular flexibility index (Phi) is 7.13. The molecule has 8 heteroatoms. The number of hydrogen-bond donors (Lipinski definition) is 0. The number of benzene rings is 2. The van der Waals surface area contributed by atoms with E-state index in [1.165, 1.54) is 23.7 Å². The lowest BCUT2D eigenvalue weighted by Gasteiger charge is -2.33. The number of halogens is 4. The van der Waals surface area contributed by atoms with E-state index in [2.05, 4.69) is 11.7 Å². The van der Waals surface area contributed by atoms with Crippen LogP contribution in [0.15, 0.2) is 48.5 Å². The van der Waals surface area contributed by atoms with Crippen LogP contribution in [0.4, 0.5) is 13.2 Å². The van der Waals surface area contributed by atoms with Crippen molar-refractivity contribution in [1.82, 2.24) is 0 Å². The van der Waals surface area contributed by atoms with E-state index in [4.69, 9.17) is 15.8 Å². The van der Waals surface area contributed by atoms with Crippen LogP contribution in [0.5, 0.6) is 11.5 Å². The first-order chi connectivity index (χ1) is 14.2. The molecule has 3 nitrogen and oxygen atoms in total. The first-order valence-corrected chi connectivity index (χ1v) is 13.7. The van der Waals surface area contributed by atoms with Crippen molar-refractivity contribution in [2.45, 2.75) is 56.6 Å². The third-order valence-corrected chi connectivity index (χ3v) is 10.9. The molecule has 3 rings (SSSR count). The molecule has 30 heavy (non-hydrogen) atoms.